The molecule has 3 rings (SSSR count). The largest absolute Gasteiger partial charge is 0.496 e. The Hall–Kier alpha value is -3.08. The van der Waals surface area contributed by atoms with Gasteiger partial charge in [0.15, 0.2) is 0 Å². The van der Waals surface area contributed by atoms with Gasteiger partial charge in [-0.2, -0.15) is 0 Å². The summed E-state index contributed by atoms with van der Waals surface area (Å²) >= 11 is 0. The van der Waals surface area contributed by atoms with E-state index in [9.17, 15) is 9.59 Å². The van der Waals surface area contributed by atoms with Gasteiger partial charge in [-0.25, -0.2) is 0 Å². The van der Waals surface area contributed by atoms with E-state index in [4.69, 9.17) is 4.74 Å². The van der Waals surface area contributed by atoms with Gasteiger partial charge < -0.3 is 15.0 Å². The topological polar surface area (TPSA) is 58.6 Å². The van der Waals surface area contributed by atoms with Gasteiger partial charge in [-0.05, 0) is 37.1 Å². The SMILES string of the molecule is COc1ccccc1/C=C(\NC(=O)c1ccccc1)C(=O)N1CCCCCC1. The highest BCUT2D eigenvalue weighted by Gasteiger charge is 2.22. The molecule has 1 heterocycles. The minimum Gasteiger partial charge on any atom is -0.496 e. The molecule has 2 aromatic carbocycles. The Labute approximate surface area is 166 Å². The number of hydrogen-bond acceptors (Lipinski definition) is 3. The Kier molecular flexibility index (Phi) is 6.84. The second kappa shape index (κ2) is 9.74. The van der Waals surface area contributed by atoms with Gasteiger partial charge >= 0.3 is 0 Å². The van der Waals surface area contributed by atoms with Crippen molar-refractivity contribution < 1.29 is 14.3 Å². The molecule has 2 aromatic rings. The van der Waals surface area contributed by atoms with Crippen molar-refractivity contribution in [3.63, 3.8) is 0 Å². The maximum Gasteiger partial charge on any atom is 0.270 e. The maximum atomic E-state index is 13.2. The minimum absolute atomic E-state index is 0.155. The molecule has 0 aliphatic carbocycles. The second-order valence-corrected chi connectivity index (χ2v) is 6.83. The molecule has 146 valence electrons. The van der Waals surface area contributed by atoms with Crippen molar-refractivity contribution in [2.45, 2.75) is 25.7 Å². The van der Waals surface area contributed by atoms with Crippen LogP contribution in [0.15, 0.2) is 60.3 Å². The Bertz CT molecular complexity index is 838. The third-order valence-electron chi connectivity index (χ3n) is 4.85. The summed E-state index contributed by atoms with van der Waals surface area (Å²) in [7, 11) is 1.59. The fourth-order valence-corrected chi connectivity index (χ4v) is 3.32. The van der Waals surface area contributed by atoms with E-state index in [-0.39, 0.29) is 17.5 Å². The summed E-state index contributed by atoms with van der Waals surface area (Å²) in [5.41, 5.74) is 1.52. The number of nitrogens with zero attached hydrogens (tertiary/aromatic N) is 1. The summed E-state index contributed by atoms with van der Waals surface area (Å²) in [4.78, 5) is 27.8. The first-order chi connectivity index (χ1) is 13.7. The lowest BCUT2D eigenvalue weighted by Crippen LogP contribution is -2.39. The fraction of sp³-hybridized carbons (Fsp3) is 0.304. The molecular formula is C23H26N2O3. The van der Waals surface area contributed by atoms with E-state index < -0.39 is 0 Å². The van der Waals surface area contributed by atoms with Crippen molar-refractivity contribution in [3.05, 3.63) is 71.4 Å². The summed E-state index contributed by atoms with van der Waals surface area (Å²) < 4.78 is 5.40. The van der Waals surface area contributed by atoms with Crippen LogP contribution in [0, 0.1) is 0 Å². The number of rotatable bonds is 5. The zero-order chi connectivity index (χ0) is 19.8. The summed E-state index contributed by atoms with van der Waals surface area (Å²) in [5.74, 6) is 0.194. The number of carbonyl (C=O) groups is 2. The first-order valence-corrected chi connectivity index (χ1v) is 9.69. The fourth-order valence-electron chi connectivity index (χ4n) is 3.32. The van der Waals surface area contributed by atoms with Crippen molar-refractivity contribution in [2.75, 3.05) is 20.2 Å². The zero-order valence-electron chi connectivity index (χ0n) is 16.2. The van der Waals surface area contributed by atoms with Crippen molar-refractivity contribution in [3.8, 4) is 5.75 Å². The van der Waals surface area contributed by atoms with Crippen LogP contribution in [0.25, 0.3) is 6.08 Å². The average molecular weight is 378 g/mol. The van der Waals surface area contributed by atoms with Crippen LogP contribution in [0.5, 0.6) is 5.75 Å². The van der Waals surface area contributed by atoms with Crippen LogP contribution in [0.3, 0.4) is 0 Å². The van der Waals surface area contributed by atoms with Gasteiger partial charge in [0.05, 0.1) is 7.11 Å². The Morgan fingerprint density at radius 3 is 2.25 bits per heavy atom. The highest BCUT2D eigenvalue weighted by atomic mass is 16.5. The first kappa shape index (κ1) is 19.7. The Balaban J connectivity index is 1.92. The first-order valence-electron chi connectivity index (χ1n) is 9.69. The molecule has 5 heteroatoms. The lowest BCUT2D eigenvalue weighted by atomic mass is 10.1. The molecule has 0 unspecified atom stereocenters. The average Bonchev–Trinajstić information content (AvgIpc) is 3.03. The number of methoxy groups -OCH3 is 1. The molecule has 0 saturated carbocycles. The van der Waals surface area contributed by atoms with E-state index in [2.05, 4.69) is 5.32 Å². The smallest absolute Gasteiger partial charge is 0.270 e. The van der Waals surface area contributed by atoms with Crippen molar-refractivity contribution in [1.82, 2.24) is 10.2 Å². The standard InChI is InChI=1S/C23H26N2O3/c1-28-21-14-8-7-13-19(21)17-20(23(27)25-15-9-2-3-10-16-25)24-22(26)18-11-5-4-6-12-18/h4-8,11-14,17H,2-3,9-10,15-16H2,1H3,(H,24,26)/b20-17-. The van der Waals surface area contributed by atoms with Crippen molar-refractivity contribution in [1.29, 1.82) is 0 Å². The van der Waals surface area contributed by atoms with Crippen molar-refractivity contribution in [2.24, 2.45) is 0 Å². The van der Waals surface area contributed by atoms with Crippen LogP contribution in [0.1, 0.15) is 41.6 Å². The molecule has 28 heavy (non-hydrogen) atoms. The summed E-state index contributed by atoms with van der Waals surface area (Å²) in [6, 6.07) is 16.4. The molecule has 0 aromatic heterocycles. The Morgan fingerprint density at radius 2 is 1.57 bits per heavy atom. The van der Waals surface area contributed by atoms with Gasteiger partial charge in [0.1, 0.15) is 11.4 Å². The van der Waals surface area contributed by atoms with Gasteiger partial charge in [0.25, 0.3) is 11.8 Å². The molecule has 1 aliphatic rings. The predicted octanol–water partition coefficient (Wildman–Crippen LogP) is 3.87. The van der Waals surface area contributed by atoms with Gasteiger partial charge in [0.2, 0.25) is 0 Å². The maximum absolute atomic E-state index is 13.2. The van der Waals surface area contributed by atoms with Gasteiger partial charge in [-0.1, -0.05) is 49.2 Å². The highest BCUT2D eigenvalue weighted by Crippen LogP contribution is 2.21. The lowest BCUT2D eigenvalue weighted by molar-refractivity contribution is -0.127. The predicted molar refractivity (Wildman–Crippen MR) is 110 cm³/mol. The summed E-state index contributed by atoms with van der Waals surface area (Å²) in [6.07, 6.45) is 5.94. The van der Waals surface area contributed by atoms with E-state index >= 15 is 0 Å². The minimum atomic E-state index is -0.301. The van der Waals surface area contributed by atoms with E-state index in [1.165, 1.54) is 0 Å². The third kappa shape index (κ3) is 5.00. The molecule has 2 amide bonds. The van der Waals surface area contributed by atoms with Gasteiger partial charge in [0, 0.05) is 24.2 Å². The molecule has 5 nitrogen and oxygen atoms in total. The molecule has 0 bridgehead atoms. The molecule has 1 aliphatic heterocycles. The lowest BCUT2D eigenvalue weighted by Gasteiger charge is -2.22. The number of hydrogen-bond donors (Lipinski definition) is 1. The molecule has 0 spiro atoms. The molecular weight excluding hydrogens is 352 g/mol. The van der Waals surface area contributed by atoms with Gasteiger partial charge in [-0.3, -0.25) is 9.59 Å². The Morgan fingerprint density at radius 1 is 0.929 bits per heavy atom. The van der Waals surface area contributed by atoms with Crippen LogP contribution < -0.4 is 10.1 Å². The highest BCUT2D eigenvalue weighted by molar-refractivity contribution is 6.05. The van der Waals surface area contributed by atoms with Crippen LogP contribution in [-0.4, -0.2) is 36.9 Å². The molecule has 1 fully saturated rings. The monoisotopic (exact) mass is 378 g/mol. The van der Waals surface area contributed by atoms with Crippen molar-refractivity contribution >= 4 is 17.9 Å². The van der Waals surface area contributed by atoms with Gasteiger partial charge in [-0.15, -0.1) is 0 Å². The normalized spacial score (nSPS) is 14.9. The quantitative estimate of drug-likeness (QED) is 0.804. The number of likely N-dealkylation sites (tertiary alicyclic amines) is 1. The van der Waals surface area contributed by atoms with E-state index in [1.54, 1.807) is 37.5 Å². The summed E-state index contributed by atoms with van der Waals surface area (Å²) in [5, 5.41) is 2.83. The van der Waals surface area contributed by atoms with Crippen LogP contribution in [0.4, 0.5) is 0 Å². The number of benzene rings is 2. The van der Waals surface area contributed by atoms with Crippen LogP contribution >= 0.6 is 0 Å². The number of para-hydroxylation sites is 1. The number of ether oxygens (including phenoxy) is 1. The zero-order valence-corrected chi connectivity index (χ0v) is 16.2. The molecule has 1 saturated heterocycles. The van der Waals surface area contributed by atoms with E-state index in [1.807, 2.05) is 35.2 Å². The van der Waals surface area contributed by atoms with Crippen LogP contribution in [0.2, 0.25) is 0 Å². The second-order valence-electron chi connectivity index (χ2n) is 6.83. The number of carbonyl (C=O) groups excluding carboxylic acids is 2. The molecule has 1 N–H and O–H groups in total. The summed E-state index contributed by atoms with van der Waals surface area (Å²) in [6.45, 7) is 1.42. The van der Waals surface area contributed by atoms with E-state index in [0.717, 1.165) is 31.2 Å². The number of nitrogens with one attached hydrogen (secondary N) is 1. The van der Waals surface area contributed by atoms with E-state index in [0.29, 0.717) is 24.4 Å². The molecule has 0 atom stereocenters. The third-order valence-corrected chi connectivity index (χ3v) is 4.85. The molecule has 0 radical (unpaired) electrons. The van der Waals surface area contributed by atoms with Crippen LogP contribution in [-0.2, 0) is 4.79 Å². The number of amides is 2.